The van der Waals surface area contributed by atoms with Gasteiger partial charge in [0.25, 0.3) is 21.6 Å². The molecule has 1 saturated heterocycles. The molecule has 1 aliphatic rings. The molecule has 1 N–H and O–H groups in total. The lowest BCUT2D eigenvalue weighted by Crippen LogP contribution is -2.39. The first kappa shape index (κ1) is 29.8. The Morgan fingerprint density at radius 1 is 1.17 bits per heavy atom. The van der Waals surface area contributed by atoms with Gasteiger partial charge in [-0.2, -0.15) is 5.10 Å². The largest absolute Gasteiger partial charge is 0.495 e. The number of amides is 1. The average Bonchev–Trinajstić information content (AvgIpc) is 2.96. The number of nitrogens with one attached hydrogen (secondary N) is 1. The third-order valence-corrected chi connectivity index (χ3v) is 8.37. The van der Waals surface area contributed by atoms with Crippen LogP contribution in [0.1, 0.15) is 11.1 Å². The lowest BCUT2D eigenvalue weighted by atomic mass is 10.1. The smallest absolute Gasteiger partial charge is 0.270 e. The first-order valence-corrected chi connectivity index (χ1v) is 14.3. The second-order valence-corrected chi connectivity index (χ2v) is 11.3. The predicted molar refractivity (Wildman–Crippen MR) is 156 cm³/mol. The number of anilines is 2. The lowest BCUT2D eigenvalue weighted by molar-refractivity contribution is -0.384. The van der Waals surface area contributed by atoms with Crippen molar-refractivity contribution >= 4 is 50.8 Å². The van der Waals surface area contributed by atoms with Gasteiger partial charge in [-0.05, 0) is 43.3 Å². The molecule has 0 aromatic heterocycles. The van der Waals surface area contributed by atoms with Gasteiger partial charge in [0, 0.05) is 36.5 Å². The van der Waals surface area contributed by atoms with Gasteiger partial charge in [0.1, 0.15) is 12.3 Å². The molecule has 1 fully saturated rings. The highest BCUT2D eigenvalue weighted by Gasteiger charge is 2.28. The molecule has 0 aliphatic carbocycles. The van der Waals surface area contributed by atoms with E-state index in [0.29, 0.717) is 43.3 Å². The molecule has 3 aromatic rings. The minimum Gasteiger partial charge on any atom is -0.495 e. The van der Waals surface area contributed by atoms with Crippen molar-refractivity contribution in [1.82, 2.24) is 5.43 Å². The maximum atomic E-state index is 13.6. The number of morpholine rings is 1. The van der Waals surface area contributed by atoms with Gasteiger partial charge in [-0.3, -0.25) is 19.2 Å². The summed E-state index contributed by atoms with van der Waals surface area (Å²) in [6, 6.07) is 15.0. The summed E-state index contributed by atoms with van der Waals surface area (Å²) in [5, 5.41) is 15.5. The number of carbonyl (C=O) groups is 1. The van der Waals surface area contributed by atoms with Crippen LogP contribution in [-0.2, 0) is 19.6 Å². The molecule has 0 bridgehead atoms. The number of hydrazone groups is 1. The number of nitro groups is 1. The van der Waals surface area contributed by atoms with Gasteiger partial charge in [0.2, 0.25) is 0 Å². The van der Waals surface area contributed by atoms with E-state index in [4.69, 9.17) is 21.1 Å². The number of halogens is 1. The minimum atomic E-state index is -4.19. The van der Waals surface area contributed by atoms with Crippen molar-refractivity contribution in [2.75, 3.05) is 49.2 Å². The van der Waals surface area contributed by atoms with Crippen LogP contribution in [-0.4, -0.2) is 65.4 Å². The van der Waals surface area contributed by atoms with E-state index in [1.54, 1.807) is 18.2 Å². The van der Waals surface area contributed by atoms with E-state index in [2.05, 4.69) is 10.5 Å². The van der Waals surface area contributed by atoms with Gasteiger partial charge in [-0.15, -0.1) is 0 Å². The Bertz CT molecular complexity index is 1560. The number of nitrogens with zero attached hydrogens (tertiary/aromatic N) is 4. The number of nitro benzene ring substituents is 1. The number of rotatable bonds is 10. The van der Waals surface area contributed by atoms with Crippen LogP contribution in [0.2, 0.25) is 5.02 Å². The van der Waals surface area contributed by atoms with E-state index in [1.807, 2.05) is 11.8 Å². The van der Waals surface area contributed by atoms with Crippen LogP contribution in [0, 0.1) is 17.0 Å². The molecule has 216 valence electrons. The molecular weight excluding hydrogens is 574 g/mol. The Balaban J connectivity index is 1.60. The van der Waals surface area contributed by atoms with Gasteiger partial charge in [-0.1, -0.05) is 29.3 Å². The topological polar surface area (TPSA) is 144 Å². The molecule has 0 spiro atoms. The van der Waals surface area contributed by atoms with Crippen molar-refractivity contribution < 1.29 is 27.6 Å². The number of methoxy groups -OCH3 is 1. The summed E-state index contributed by atoms with van der Waals surface area (Å²) in [5.74, 6) is -0.410. The second kappa shape index (κ2) is 13.0. The van der Waals surface area contributed by atoms with Crippen LogP contribution >= 0.6 is 11.6 Å². The zero-order valence-corrected chi connectivity index (χ0v) is 23.9. The Kier molecular flexibility index (Phi) is 9.42. The number of benzene rings is 3. The fourth-order valence-corrected chi connectivity index (χ4v) is 5.82. The second-order valence-electron chi connectivity index (χ2n) is 9.04. The number of sulfonamides is 1. The summed E-state index contributed by atoms with van der Waals surface area (Å²) in [6.07, 6.45) is 1.29. The summed E-state index contributed by atoms with van der Waals surface area (Å²) in [7, 11) is -2.76. The predicted octanol–water partition coefficient (Wildman–Crippen LogP) is 3.75. The maximum absolute atomic E-state index is 13.6. The normalized spacial score (nSPS) is 13.7. The molecule has 4 rings (SSSR count). The summed E-state index contributed by atoms with van der Waals surface area (Å²) >= 11 is 6.26. The minimum absolute atomic E-state index is 0.0157. The van der Waals surface area contributed by atoms with Gasteiger partial charge < -0.3 is 14.4 Å². The first-order chi connectivity index (χ1) is 19.6. The van der Waals surface area contributed by atoms with Gasteiger partial charge >= 0.3 is 0 Å². The van der Waals surface area contributed by atoms with Crippen molar-refractivity contribution in [1.29, 1.82) is 0 Å². The molecule has 1 aliphatic heterocycles. The fourth-order valence-electron chi connectivity index (χ4n) is 4.15. The number of hydrogen-bond donors (Lipinski definition) is 1. The molecule has 0 radical (unpaired) electrons. The standard InChI is InChI=1S/C27H28ClN5O7S/c1-19-3-7-23(8-4-19)41(37,38)32(21-6-10-26(39-2)24(28)16-21)18-27(34)30-29-17-20-15-22(33(35)36)5-9-25(20)31-11-13-40-14-12-31/h3-10,15-17H,11-14,18H2,1-2H3,(H,30,34)/b29-17-. The Labute approximate surface area is 242 Å². The van der Waals surface area contributed by atoms with Crippen molar-refractivity contribution in [3.63, 3.8) is 0 Å². The maximum Gasteiger partial charge on any atom is 0.270 e. The highest BCUT2D eigenvalue weighted by Crippen LogP contribution is 2.32. The number of carbonyl (C=O) groups excluding carboxylic acids is 1. The summed E-state index contributed by atoms with van der Waals surface area (Å²) in [6.45, 7) is 3.38. The molecule has 0 unspecified atom stereocenters. The van der Waals surface area contributed by atoms with Crippen LogP contribution < -0.4 is 19.4 Å². The van der Waals surface area contributed by atoms with Crippen LogP contribution in [0.4, 0.5) is 17.1 Å². The van der Waals surface area contributed by atoms with E-state index in [-0.39, 0.29) is 21.3 Å². The van der Waals surface area contributed by atoms with E-state index >= 15 is 0 Å². The molecule has 1 amide bonds. The summed E-state index contributed by atoms with van der Waals surface area (Å²) < 4.78 is 38.7. The molecule has 0 saturated carbocycles. The average molecular weight is 602 g/mol. The Hall–Kier alpha value is -4.20. The van der Waals surface area contributed by atoms with Gasteiger partial charge in [0.05, 0.1) is 47.1 Å². The molecule has 1 heterocycles. The van der Waals surface area contributed by atoms with E-state index in [0.717, 1.165) is 9.87 Å². The van der Waals surface area contributed by atoms with Crippen LogP contribution in [0.3, 0.4) is 0 Å². The Morgan fingerprint density at radius 3 is 2.51 bits per heavy atom. The molecule has 3 aromatic carbocycles. The third kappa shape index (κ3) is 7.12. The number of hydrogen-bond acceptors (Lipinski definition) is 9. The molecular formula is C27H28ClN5O7S. The summed E-state index contributed by atoms with van der Waals surface area (Å²) in [4.78, 5) is 25.8. The number of non-ortho nitro benzene ring substituents is 1. The SMILES string of the molecule is COc1ccc(N(CC(=O)N/N=C\c2cc([N+](=O)[O-])ccc2N2CCOCC2)S(=O)(=O)c2ccc(C)cc2)cc1Cl. The molecule has 41 heavy (non-hydrogen) atoms. The summed E-state index contributed by atoms with van der Waals surface area (Å²) in [5.41, 5.74) is 4.30. The van der Waals surface area contributed by atoms with E-state index < -0.39 is 27.4 Å². The van der Waals surface area contributed by atoms with Crippen molar-refractivity contribution in [3.05, 3.63) is 86.9 Å². The van der Waals surface area contributed by atoms with Crippen molar-refractivity contribution in [3.8, 4) is 5.75 Å². The fraction of sp³-hybridized carbons (Fsp3) is 0.259. The van der Waals surface area contributed by atoms with E-state index in [9.17, 15) is 23.3 Å². The van der Waals surface area contributed by atoms with Crippen molar-refractivity contribution in [2.24, 2.45) is 5.10 Å². The highest BCUT2D eigenvalue weighted by atomic mass is 35.5. The zero-order chi connectivity index (χ0) is 29.6. The highest BCUT2D eigenvalue weighted by molar-refractivity contribution is 7.92. The van der Waals surface area contributed by atoms with Gasteiger partial charge in [0.15, 0.2) is 0 Å². The number of ether oxygens (including phenoxy) is 2. The third-order valence-electron chi connectivity index (χ3n) is 6.29. The number of aryl methyl sites for hydroxylation is 1. The van der Waals surface area contributed by atoms with Crippen LogP contribution in [0.5, 0.6) is 5.75 Å². The Morgan fingerprint density at radius 2 is 1.88 bits per heavy atom. The zero-order valence-electron chi connectivity index (χ0n) is 22.3. The van der Waals surface area contributed by atoms with E-state index in [1.165, 1.54) is 55.8 Å². The first-order valence-electron chi connectivity index (χ1n) is 12.5. The van der Waals surface area contributed by atoms with Crippen LogP contribution in [0.25, 0.3) is 0 Å². The van der Waals surface area contributed by atoms with Crippen LogP contribution in [0.15, 0.2) is 70.7 Å². The van der Waals surface area contributed by atoms with Crippen molar-refractivity contribution in [2.45, 2.75) is 11.8 Å². The quantitative estimate of drug-likeness (QED) is 0.210. The monoisotopic (exact) mass is 601 g/mol. The molecule has 0 atom stereocenters. The molecule has 14 heteroatoms. The molecule has 12 nitrogen and oxygen atoms in total. The van der Waals surface area contributed by atoms with Gasteiger partial charge in [-0.25, -0.2) is 13.8 Å². The lowest BCUT2D eigenvalue weighted by Gasteiger charge is -2.29.